The van der Waals surface area contributed by atoms with Gasteiger partial charge in [0.1, 0.15) is 0 Å². The first-order valence-electron chi connectivity index (χ1n) is 8.18. The molecule has 142 valence electrons. The Balaban J connectivity index is 1.43. The van der Waals surface area contributed by atoms with E-state index in [1.165, 1.54) is 28.0 Å². The second-order valence-electron chi connectivity index (χ2n) is 6.00. The minimum absolute atomic E-state index is 0.0350. The summed E-state index contributed by atoms with van der Waals surface area (Å²) in [5.41, 5.74) is 0. The van der Waals surface area contributed by atoms with E-state index in [-0.39, 0.29) is 28.7 Å². The first-order chi connectivity index (χ1) is 12.4. The number of anilines is 1. The number of aromatic nitrogens is 2. The van der Waals surface area contributed by atoms with Crippen LogP contribution in [0.5, 0.6) is 0 Å². The lowest BCUT2D eigenvalue weighted by atomic mass is 10.2. The average Bonchev–Trinajstić information content (AvgIpc) is 3.30. The number of amides is 1. The predicted octanol–water partition coefficient (Wildman–Crippen LogP) is 2.04. The summed E-state index contributed by atoms with van der Waals surface area (Å²) in [4.78, 5) is 13.6. The van der Waals surface area contributed by atoms with Crippen LogP contribution in [0.15, 0.2) is 21.9 Å². The fourth-order valence-corrected chi connectivity index (χ4v) is 6.82. The molecule has 0 unspecified atom stereocenters. The summed E-state index contributed by atoms with van der Waals surface area (Å²) >= 11 is 4.48. The van der Waals surface area contributed by atoms with E-state index in [1.807, 2.05) is 6.07 Å². The van der Waals surface area contributed by atoms with Crippen molar-refractivity contribution in [3.63, 3.8) is 0 Å². The van der Waals surface area contributed by atoms with E-state index in [1.54, 1.807) is 18.3 Å². The molecule has 0 aromatic carbocycles. The predicted molar refractivity (Wildman–Crippen MR) is 107 cm³/mol. The molecule has 1 aliphatic heterocycles. The number of carbonyl (C=O) groups is 1. The maximum Gasteiger partial charge on any atom is 0.233 e. The fourth-order valence-electron chi connectivity index (χ4n) is 2.51. The van der Waals surface area contributed by atoms with Crippen molar-refractivity contribution in [3.05, 3.63) is 22.4 Å². The topological polar surface area (TPSA) is 101 Å². The molecule has 1 saturated heterocycles. The maximum atomic E-state index is 12.2. The molecule has 2 aromatic heterocycles. The highest BCUT2D eigenvalue weighted by Crippen LogP contribution is 2.29. The number of rotatable bonds is 8. The number of nitrogens with one attached hydrogen (secondary N) is 2. The maximum absolute atomic E-state index is 12.2. The van der Waals surface area contributed by atoms with Crippen LogP contribution in [0.4, 0.5) is 5.13 Å². The van der Waals surface area contributed by atoms with Crippen LogP contribution in [-0.4, -0.2) is 53.9 Å². The summed E-state index contributed by atoms with van der Waals surface area (Å²) in [6.45, 7) is 2.57. The Hall–Kier alpha value is -1.17. The zero-order valence-electron chi connectivity index (χ0n) is 14.2. The molecule has 0 aliphatic carbocycles. The average molecular weight is 433 g/mol. The SMILES string of the molecule is C[C@H](Sc1nnc(NCCc2cccs2)s1)C(=O)N[C@@H]1CCS(=O)(=O)C1. The lowest BCUT2D eigenvalue weighted by molar-refractivity contribution is -0.120. The summed E-state index contributed by atoms with van der Waals surface area (Å²) in [5, 5.41) is 16.7. The van der Waals surface area contributed by atoms with Crippen molar-refractivity contribution in [3.8, 4) is 0 Å². The molecule has 2 aromatic rings. The Morgan fingerprint density at radius 1 is 1.46 bits per heavy atom. The Labute approximate surface area is 164 Å². The summed E-state index contributed by atoms with van der Waals surface area (Å²) in [5.74, 6) is 0.0170. The highest BCUT2D eigenvalue weighted by molar-refractivity contribution is 8.02. The fraction of sp³-hybridized carbons (Fsp3) is 0.533. The number of thiophene rings is 1. The number of thioether (sulfide) groups is 1. The first kappa shape index (κ1) is 19.6. The quantitative estimate of drug-likeness (QED) is 0.616. The van der Waals surface area contributed by atoms with E-state index in [4.69, 9.17) is 0 Å². The molecule has 0 radical (unpaired) electrons. The molecule has 2 atom stereocenters. The van der Waals surface area contributed by atoms with Crippen LogP contribution in [0, 0.1) is 0 Å². The summed E-state index contributed by atoms with van der Waals surface area (Å²) in [6.07, 6.45) is 1.42. The number of nitrogens with zero attached hydrogens (tertiary/aromatic N) is 2. The number of hydrogen-bond acceptors (Lipinski definition) is 9. The summed E-state index contributed by atoms with van der Waals surface area (Å²) < 4.78 is 23.6. The Morgan fingerprint density at radius 3 is 3.00 bits per heavy atom. The zero-order chi connectivity index (χ0) is 18.6. The van der Waals surface area contributed by atoms with Gasteiger partial charge in [0.25, 0.3) is 0 Å². The van der Waals surface area contributed by atoms with E-state index in [9.17, 15) is 13.2 Å². The molecule has 3 rings (SSSR count). The van der Waals surface area contributed by atoms with Crippen molar-refractivity contribution in [1.29, 1.82) is 0 Å². The molecular weight excluding hydrogens is 412 g/mol. The van der Waals surface area contributed by atoms with Gasteiger partial charge in [0.2, 0.25) is 11.0 Å². The van der Waals surface area contributed by atoms with Gasteiger partial charge in [-0.05, 0) is 31.2 Å². The van der Waals surface area contributed by atoms with Gasteiger partial charge in [0, 0.05) is 17.5 Å². The smallest absolute Gasteiger partial charge is 0.233 e. The summed E-state index contributed by atoms with van der Waals surface area (Å²) in [7, 11) is -3.00. The van der Waals surface area contributed by atoms with Crippen LogP contribution in [0.2, 0.25) is 0 Å². The Morgan fingerprint density at radius 2 is 2.31 bits per heavy atom. The molecular formula is C15H20N4O3S4. The summed E-state index contributed by atoms with van der Waals surface area (Å²) in [6, 6.07) is 3.86. The third kappa shape index (κ3) is 5.66. The van der Waals surface area contributed by atoms with E-state index < -0.39 is 9.84 Å². The van der Waals surface area contributed by atoms with Crippen molar-refractivity contribution < 1.29 is 13.2 Å². The van der Waals surface area contributed by atoms with Crippen LogP contribution in [0.3, 0.4) is 0 Å². The normalized spacial score (nSPS) is 20.0. The number of hydrogen-bond donors (Lipinski definition) is 2. The highest BCUT2D eigenvalue weighted by atomic mass is 32.2. The monoisotopic (exact) mass is 432 g/mol. The van der Waals surface area contributed by atoms with Gasteiger partial charge in [-0.3, -0.25) is 4.79 Å². The van der Waals surface area contributed by atoms with Crippen molar-refractivity contribution in [1.82, 2.24) is 15.5 Å². The zero-order valence-corrected chi connectivity index (χ0v) is 17.4. The van der Waals surface area contributed by atoms with E-state index in [0.717, 1.165) is 18.1 Å². The van der Waals surface area contributed by atoms with Gasteiger partial charge in [-0.25, -0.2) is 8.42 Å². The van der Waals surface area contributed by atoms with E-state index in [2.05, 4.69) is 32.3 Å². The highest BCUT2D eigenvalue weighted by Gasteiger charge is 2.30. The molecule has 0 saturated carbocycles. The van der Waals surface area contributed by atoms with E-state index in [0.29, 0.717) is 10.8 Å². The molecule has 1 aliphatic rings. The lowest BCUT2D eigenvalue weighted by Crippen LogP contribution is -2.39. The van der Waals surface area contributed by atoms with Crippen molar-refractivity contribution in [2.75, 3.05) is 23.4 Å². The molecule has 2 N–H and O–H groups in total. The minimum atomic E-state index is -3.00. The van der Waals surface area contributed by atoms with Crippen LogP contribution in [0.1, 0.15) is 18.2 Å². The van der Waals surface area contributed by atoms with Crippen molar-refractivity contribution in [2.45, 2.75) is 35.4 Å². The van der Waals surface area contributed by atoms with E-state index >= 15 is 0 Å². The van der Waals surface area contributed by atoms with Gasteiger partial charge in [-0.15, -0.1) is 21.5 Å². The van der Waals surface area contributed by atoms with Gasteiger partial charge >= 0.3 is 0 Å². The molecule has 0 bridgehead atoms. The molecule has 26 heavy (non-hydrogen) atoms. The van der Waals surface area contributed by atoms with Gasteiger partial charge in [-0.1, -0.05) is 29.2 Å². The van der Waals surface area contributed by atoms with Crippen LogP contribution >= 0.6 is 34.4 Å². The van der Waals surface area contributed by atoms with Crippen LogP contribution in [-0.2, 0) is 21.1 Å². The molecule has 7 nitrogen and oxygen atoms in total. The number of sulfone groups is 1. The van der Waals surface area contributed by atoms with Gasteiger partial charge in [0.15, 0.2) is 14.2 Å². The van der Waals surface area contributed by atoms with Gasteiger partial charge < -0.3 is 10.6 Å². The van der Waals surface area contributed by atoms with Crippen LogP contribution in [0.25, 0.3) is 0 Å². The second kappa shape index (κ2) is 8.68. The van der Waals surface area contributed by atoms with Gasteiger partial charge in [-0.2, -0.15) is 0 Å². The van der Waals surface area contributed by atoms with Gasteiger partial charge in [0.05, 0.1) is 16.8 Å². The largest absolute Gasteiger partial charge is 0.360 e. The third-order valence-corrected chi connectivity index (χ3v) is 8.63. The molecule has 1 fully saturated rings. The minimum Gasteiger partial charge on any atom is -0.360 e. The first-order valence-corrected chi connectivity index (χ1v) is 12.6. The lowest BCUT2D eigenvalue weighted by Gasteiger charge is -2.14. The number of carbonyl (C=O) groups excluding carboxylic acids is 1. The van der Waals surface area contributed by atoms with Crippen LogP contribution < -0.4 is 10.6 Å². The Bertz CT molecular complexity index is 835. The van der Waals surface area contributed by atoms with Crippen molar-refractivity contribution in [2.24, 2.45) is 0 Å². The van der Waals surface area contributed by atoms with Crippen molar-refractivity contribution >= 4 is 55.3 Å². The second-order valence-corrected chi connectivity index (χ2v) is 11.8. The Kier molecular flexibility index (Phi) is 6.54. The third-order valence-electron chi connectivity index (χ3n) is 3.86. The molecule has 0 spiro atoms. The molecule has 11 heteroatoms. The molecule has 1 amide bonds. The standard InChI is InChI=1S/C15H20N4O3S4/c1-10(13(20)17-11-5-8-26(21,22)9-11)24-15-19-18-14(25-15)16-6-4-12-3-2-7-23-12/h2-3,7,10-11H,4-6,8-9H2,1H3,(H,16,18)(H,17,20)/t10-,11+/m0/s1. The molecule has 3 heterocycles.